The summed E-state index contributed by atoms with van der Waals surface area (Å²) >= 11 is 1.60. The Morgan fingerprint density at radius 1 is 1.05 bits per heavy atom. The molecule has 21 heavy (non-hydrogen) atoms. The summed E-state index contributed by atoms with van der Waals surface area (Å²) in [5, 5.41) is 4.14. The minimum Gasteiger partial charge on any atom is -0.457 e. The molecule has 0 aliphatic heterocycles. The molecular formula is C16H13FN2OS. The normalized spacial score (nSPS) is 10.5. The van der Waals surface area contributed by atoms with E-state index in [9.17, 15) is 4.39 Å². The average Bonchev–Trinajstić information content (AvgIpc) is 3.01. The van der Waals surface area contributed by atoms with Crippen molar-refractivity contribution in [3.63, 3.8) is 0 Å². The van der Waals surface area contributed by atoms with Crippen molar-refractivity contribution in [1.82, 2.24) is 9.19 Å². The fraction of sp³-hybridized carbons (Fsp3) is 0.0625. The lowest BCUT2D eigenvalue weighted by Gasteiger charge is -2.07. The summed E-state index contributed by atoms with van der Waals surface area (Å²) in [6.07, 6.45) is 3.66. The van der Waals surface area contributed by atoms with E-state index >= 15 is 0 Å². The molecule has 0 saturated heterocycles. The van der Waals surface area contributed by atoms with E-state index in [4.69, 9.17) is 4.74 Å². The number of aromatic nitrogens is 2. The van der Waals surface area contributed by atoms with Crippen molar-refractivity contribution in [2.24, 2.45) is 0 Å². The van der Waals surface area contributed by atoms with Crippen molar-refractivity contribution in [2.45, 2.75) is 5.75 Å². The average molecular weight is 300 g/mol. The van der Waals surface area contributed by atoms with Gasteiger partial charge in [0.1, 0.15) is 17.3 Å². The van der Waals surface area contributed by atoms with E-state index in [-0.39, 0.29) is 5.82 Å². The molecule has 0 fully saturated rings. The van der Waals surface area contributed by atoms with E-state index in [2.05, 4.69) is 5.10 Å². The second kappa shape index (κ2) is 6.45. The van der Waals surface area contributed by atoms with Crippen LogP contribution >= 0.6 is 11.9 Å². The van der Waals surface area contributed by atoms with Crippen LogP contribution in [0.4, 0.5) is 4.39 Å². The molecule has 1 aromatic heterocycles. The number of rotatable bonds is 5. The molecule has 0 spiro atoms. The van der Waals surface area contributed by atoms with Crippen LogP contribution in [0.5, 0.6) is 11.5 Å². The van der Waals surface area contributed by atoms with Crippen molar-refractivity contribution in [1.29, 1.82) is 0 Å². The quantitative estimate of drug-likeness (QED) is 0.693. The maximum Gasteiger partial charge on any atom is 0.127 e. The fourth-order valence-corrected chi connectivity index (χ4v) is 2.55. The molecule has 2 aromatic carbocycles. The molecule has 0 saturated carbocycles. The van der Waals surface area contributed by atoms with Gasteiger partial charge in [0.2, 0.25) is 0 Å². The summed E-state index contributed by atoms with van der Waals surface area (Å²) in [4.78, 5) is 0. The maximum atomic E-state index is 12.9. The van der Waals surface area contributed by atoms with Gasteiger partial charge < -0.3 is 4.74 Å². The van der Waals surface area contributed by atoms with Gasteiger partial charge in [-0.2, -0.15) is 5.10 Å². The maximum absolute atomic E-state index is 12.9. The van der Waals surface area contributed by atoms with Gasteiger partial charge in [-0.25, -0.2) is 8.48 Å². The molecule has 0 radical (unpaired) electrons. The Hall–Kier alpha value is -2.27. The lowest BCUT2D eigenvalue weighted by atomic mass is 10.2. The first-order valence-electron chi connectivity index (χ1n) is 6.45. The number of halogens is 1. The van der Waals surface area contributed by atoms with Crippen LogP contribution in [0.25, 0.3) is 0 Å². The third-order valence-corrected chi connectivity index (χ3v) is 3.73. The zero-order valence-electron chi connectivity index (χ0n) is 11.1. The largest absolute Gasteiger partial charge is 0.457 e. The third-order valence-electron chi connectivity index (χ3n) is 2.79. The van der Waals surface area contributed by atoms with Crippen molar-refractivity contribution in [3.05, 3.63) is 78.4 Å². The molecule has 0 atom stereocenters. The van der Waals surface area contributed by atoms with Gasteiger partial charge in [-0.3, -0.25) is 0 Å². The lowest BCUT2D eigenvalue weighted by molar-refractivity contribution is 0.480. The van der Waals surface area contributed by atoms with Crippen LogP contribution in [0.15, 0.2) is 67.0 Å². The fourth-order valence-electron chi connectivity index (χ4n) is 1.81. The summed E-state index contributed by atoms with van der Waals surface area (Å²) in [6, 6.07) is 15.7. The number of hydrogen-bond acceptors (Lipinski definition) is 3. The van der Waals surface area contributed by atoms with E-state index in [0.717, 1.165) is 17.1 Å². The van der Waals surface area contributed by atoms with Gasteiger partial charge in [-0.1, -0.05) is 12.1 Å². The number of benzene rings is 2. The summed E-state index contributed by atoms with van der Waals surface area (Å²) in [7, 11) is 0. The SMILES string of the molecule is Fc1ccc(Oc2cccc(CSn3cccn3)c2)cc1. The highest BCUT2D eigenvalue weighted by Crippen LogP contribution is 2.24. The third kappa shape index (κ3) is 3.86. The predicted octanol–water partition coefficient (Wildman–Crippen LogP) is 4.51. The molecule has 0 N–H and O–H groups in total. The van der Waals surface area contributed by atoms with Crippen LogP contribution in [0, 0.1) is 5.82 Å². The second-order valence-corrected chi connectivity index (χ2v) is 5.31. The minimum atomic E-state index is -0.272. The summed E-state index contributed by atoms with van der Waals surface area (Å²) in [5.74, 6) is 1.88. The van der Waals surface area contributed by atoms with Crippen molar-refractivity contribution >= 4 is 11.9 Å². The van der Waals surface area contributed by atoms with E-state index in [0.29, 0.717) is 5.75 Å². The van der Waals surface area contributed by atoms with E-state index in [1.54, 1.807) is 30.3 Å². The number of ether oxygens (including phenoxy) is 1. The van der Waals surface area contributed by atoms with Gasteiger partial charge in [0.15, 0.2) is 0 Å². The van der Waals surface area contributed by atoms with Gasteiger partial charge in [0, 0.05) is 18.1 Å². The van der Waals surface area contributed by atoms with E-state index in [1.165, 1.54) is 12.1 Å². The Morgan fingerprint density at radius 2 is 1.90 bits per heavy atom. The summed E-state index contributed by atoms with van der Waals surface area (Å²) < 4.78 is 20.4. The van der Waals surface area contributed by atoms with Crippen molar-refractivity contribution < 1.29 is 9.13 Å². The molecular weight excluding hydrogens is 287 g/mol. The molecule has 5 heteroatoms. The van der Waals surface area contributed by atoms with Gasteiger partial charge in [-0.05, 0) is 60.0 Å². The van der Waals surface area contributed by atoms with Crippen LogP contribution in [0.2, 0.25) is 0 Å². The monoisotopic (exact) mass is 300 g/mol. The molecule has 106 valence electrons. The van der Waals surface area contributed by atoms with E-state index < -0.39 is 0 Å². The molecule has 0 bridgehead atoms. The predicted molar refractivity (Wildman–Crippen MR) is 81.8 cm³/mol. The highest BCUT2D eigenvalue weighted by molar-refractivity contribution is 7.96. The minimum absolute atomic E-state index is 0.272. The Kier molecular flexibility index (Phi) is 4.21. The van der Waals surface area contributed by atoms with Gasteiger partial charge in [0.25, 0.3) is 0 Å². The highest BCUT2D eigenvalue weighted by atomic mass is 32.2. The Morgan fingerprint density at radius 3 is 2.67 bits per heavy atom. The molecule has 0 amide bonds. The first kappa shape index (κ1) is 13.7. The first-order chi connectivity index (χ1) is 10.3. The second-order valence-electron chi connectivity index (χ2n) is 4.39. The van der Waals surface area contributed by atoms with Crippen LogP contribution in [0.3, 0.4) is 0 Å². The van der Waals surface area contributed by atoms with Crippen LogP contribution in [0.1, 0.15) is 5.56 Å². The summed E-state index contributed by atoms with van der Waals surface area (Å²) in [6.45, 7) is 0. The van der Waals surface area contributed by atoms with Crippen molar-refractivity contribution in [2.75, 3.05) is 0 Å². The Bertz CT molecular complexity index is 699. The standard InChI is InChI=1S/C16H13FN2OS/c17-14-5-7-15(8-6-14)20-16-4-1-3-13(11-16)12-21-19-10-2-9-18-19/h1-11H,12H2. The zero-order chi connectivity index (χ0) is 14.5. The molecule has 3 nitrogen and oxygen atoms in total. The summed E-state index contributed by atoms with van der Waals surface area (Å²) in [5.41, 5.74) is 1.13. The smallest absolute Gasteiger partial charge is 0.127 e. The van der Waals surface area contributed by atoms with Gasteiger partial charge in [-0.15, -0.1) is 0 Å². The first-order valence-corrected chi connectivity index (χ1v) is 7.39. The molecule has 1 heterocycles. The molecule has 0 aliphatic carbocycles. The van der Waals surface area contributed by atoms with Crippen LogP contribution in [-0.4, -0.2) is 9.19 Å². The number of nitrogens with zero attached hydrogens (tertiary/aromatic N) is 2. The highest BCUT2D eigenvalue weighted by Gasteiger charge is 2.01. The van der Waals surface area contributed by atoms with Crippen LogP contribution < -0.4 is 4.74 Å². The number of hydrogen-bond donors (Lipinski definition) is 0. The Labute approximate surface area is 126 Å². The molecule has 0 unspecified atom stereocenters. The topological polar surface area (TPSA) is 27.1 Å². The Balaban J connectivity index is 1.66. The van der Waals surface area contributed by atoms with Crippen molar-refractivity contribution in [3.8, 4) is 11.5 Å². The zero-order valence-corrected chi connectivity index (χ0v) is 12.0. The molecule has 0 aliphatic rings. The van der Waals surface area contributed by atoms with Gasteiger partial charge in [0.05, 0.1) is 0 Å². The van der Waals surface area contributed by atoms with Crippen LogP contribution in [-0.2, 0) is 5.75 Å². The van der Waals surface area contributed by atoms with Gasteiger partial charge >= 0.3 is 0 Å². The van der Waals surface area contributed by atoms with E-state index in [1.807, 2.05) is 40.6 Å². The molecule has 3 aromatic rings. The lowest BCUT2D eigenvalue weighted by Crippen LogP contribution is -1.90. The molecule has 3 rings (SSSR count).